The molecule has 9 heteroatoms. The van der Waals surface area contributed by atoms with Gasteiger partial charge in [0.05, 0.1) is 0 Å². The first-order chi connectivity index (χ1) is 11.2. The van der Waals surface area contributed by atoms with Crippen molar-refractivity contribution in [3.05, 3.63) is 35.9 Å². The molecule has 0 bridgehead atoms. The molecule has 130 valence electrons. The number of benzene rings is 1. The molecule has 1 N–H and O–H groups in total. The second-order valence-electron chi connectivity index (χ2n) is 5.22. The number of nitrogens with one attached hydrogen (secondary N) is 1. The molecular formula is C15H14Cl3NO5. The first-order valence-electron chi connectivity index (χ1n) is 6.99. The highest BCUT2D eigenvalue weighted by Gasteiger charge is 2.48. The maximum Gasteiger partial charge on any atom is 0.508 e. The SMILES string of the molecule is CC(OC(=O)OCC(Cl)(Cl)Cl)[C@@H]1C(=O)N[C@H]1C(=O)c1ccccc1. The number of alkyl halides is 3. The zero-order valence-electron chi connectivity index (χ0n) is 12.5. The number of hydrogen-bond donors (Lipinski definition) is 1. The molecule has 6 nitrogen and oxygen atoms in total. The standard InChI is InChI=1S/C15H14Cl3NO5/c1-8(24-14(22)23-7-15(16,17)18)10-11(19-13(10)21)12(20)9-5-3-2-4-6-9/h2-6,8,10-11H,7H2,1H3,(H,19,21)/t8?,10-,11+/m0/s1. The van der Waals surface area contributed by atoms with Crippen LogP contribution in [0.3, 0.4) is 0 Å². The zero-order valence-corrected chi connectivity index (χ0v) is 14.8. The van der Waals surface area contributed by atoms with Crippen molar-refractivity contribution in [3.8, 4) is 0 Å². The quantitative estimate of drug-likeness (QED) is 0.359. The van der Waals surface area contributed by atoms with Gasteiger partial charge in [-0.05, 0) is 6.92 Å². The molecule has 1 aromatic carbocycles. The van der Waals surface area contributed by atoms with Crippen LogP contribution in [0.4, 0.5) is 4.79 Å². The lowest BCUT2D eigenvalue weighted by Crippen LogP contribution is -2.65. The molecule has 1 aliphatic rings. The van der Waals surface area contributed by atoms with Crippen molar-refractivity contribution in [2.75, 3.05) is 6.61 Å². The maximum absolute atomic E-state index is 12.4. The Hall–Kier alpha value is -1.50. The molecule has 1 amide bonds. The monoisotopic (exact) mass is 393 g/mol. The van der Waals surface area contributed by atoms with Crippen LogP contribution < -0.4 is 5.32 Å². The Morgan fingerprint density at radius 1 is 1.25 bits per heavy atom. The fourth-order valence-corrected chi connectivity index (χ4v) is 2.45. The number of β-lactam (4-membered cyclic amide) rings is 1. The number of Topliss-reactive ketones (excluding diaryl/α,β-unsaturated/α-hetero) is 1. The van der Waals surface area contributed by atoms with Gasteiger partial charge in [-0.2, -0.15) is 0 Å². The lowest BCUT2D eigenvalue weighted by Gasteiger charge is -2.38. The molecule has 3 atom stereocenters. The number of rotatable bonds is 5. The van der Waals surface area contributed by atoms with Crippen LogP contribution in [-0.2, 0) is 14.3 Å². The first kappa shape index (κ1) is 18.8. The summed E-state index contributed by atoms with van der Waals surface area (Å²) in [7, 11) is 0. The smallest absolute Gasteiger partial charge is 0.430 e. The number of ketones is 1. The van der Waals surface area contributed by atoms with Crippen molar-refractivity contribution in [1.82, 2.24) is 5.32 Å². The summed E-state index contributed by atoms with van der Waals surface area (Å²) >= 11 is 16.4. The van der Waals surface area contributed by atoms with Gasteiger partial charge < -0.3 is 14.8 Å². The van der Waals surface area contributed by atoms with Gasteiger partial charge >= 0.3 is 6.16 Å². The lowest BCUT2D eigenvalue weighted by molar-refractivity contribution is -0.139. The van der Waals surface area contributed by atoms with Gasteiger partial charge in [0.15, 0.2) is 5.78 Å². The fourth-order valence-electron chi connectivity index (χ4n) is 2.29. The van der Waals surface area contributed by atoms with Crippen LogP contribution in [-0.4, -0.2) is 40.4 Å². The molecule has 1 aliphatic heterocycles. The average molecular weight is 395 g/mol. The second-order valence-corrected chi connectivity index (χ2v) is 7.74. The number of ether oxygens (including phenoxy) is 2. The maximum atomic E-state index is 12.4. The molecule has 0 radical (unpaired) electrons. The van der Waals surface area contributed by atoms with Crippen LogP contribution in [0, 0.1) is 5.92 Å². The summed E-state index contributed by atoms with van der Waals surface area (Å²) in [6, 6.07) is 7.74. The van der Waals surface area contributed by atoms with Gasteiger partial charge in [-0.25, -0.2) is 4.79 Å². The molecule has 1 fully saturated rings. The average Bonchev–Trinajstić information content (AvgIpc) is 2.50. The van der Waals surface area contributed by atoms with E-state index in [4.69, 9.17) is 39.5 Å². The highest BCUT2D eigenvalue weighted by Crippen LogP contribution is 2.27. The minimum Gasteiger partial charge on any atom is -0.430 e. The molecule has 1 aromatic rings. The molecule has 1 unspecified atom stereocenters. The van der Waals surface area contributed by atoms with Crippen LogP contribution in [0.15, 0.2) is 30.3 Å². The minimum absolute atomic E-state index is 0.259. The molecule has 1 heterocycles. The summed E-state index contributed by atoms with van der Waals surface area (Å²) in [6.07, 6.45) is -1.96. The normalized spacial score (nSPS) is 21.2. The summed E-state index contributed by atoms with van der Waals surface area (Å²) in [5.74, 6) is -1.45. The van der Waals surface area contributed by atoms with Gasteiger partial charge in [-0.15, -0.1) is 0 Å². The van der Waals surface area contributed by atoms with E-state index in [1.54, 1.807) is 30.3 Å². The third kappa shape index (κ3) is 4.75. The van der Waals surface area contributed by atoms with Crippen molar-refractivity contribution in [1.29, 1.82) is 0 Å². The molecule has 0 aromatic heterocycles. The van der Waals surface area contributed by atoms with Crippen molar-refractivity contribution in [3.63, 3.8) is 0 Å². The number of halogens is 3. The summed E-state index contributed by atoms with van der Waals surface area (Å²) in [5.41, 5.74) is 0.457. The van der Waals surface area contributed by atoms with Crippen molar-refractivity contribution >= 4 is 52.6 Å². The number of amides is 1. The summed E-state index contributed by atoms with van der Waals surface area (Å²) in [4.78, 5) is 35.7. The van der Waals surface area contributed by atoms with E-state index in [9.17, 15) is 14.4 Å². The highest BCUT2D eigenvalue weighted by molar-refractivity contribution is 6.67. The Balaban J connectivity index is 1.95. The topological polar surface area (TPSA) is 81.7 Å². The second kappa shape index (κ2) is 7.59. The molecule has 0 aliphatic carbocycles. The largest absolute Gasteiger partial charge is 0.508 e. The molecule has 24 heavy (non-hydrogen) atoms. The molecular weight excluding hydrogens is 381 g/mol. The van der Waals surface area contributed by atoms with E-state index in [1.807, 2.05) is 0 Å². The van der Waals surface area contributed by atoms with Gasteiger partial charge in [-0.1, -0.05) is 65.1 Å². The van der Waals surface area contributed by atoms with Crippen molar-refractivity contribution in [2.45, 2.75) is 22.9 Å². The van der Waals surface area contributed by atoms with E-state index in [-0.39, 0.29) is 11.7 Å². The van der Waals surface area contributed by atoms with E-state index >= 15 is 0 Å². The Morgan fingerprint density at radius 2 is 1.88 bits per heavy atom. The summed E-state index contributed by atoms with van der Waals surface area (Å²) < 4.78 is 7.86. The fraction of sp³-hybridized carbons (Fsp3) is 0.400. The van der Waals surface area contributed by atoms with Gasteiger partial charge in [0.1, 0.15) is 24.7 Å². The van der Waals surface area contributed by atoms with Gasteiger partial charge in [0, 0.05) is 5.56 Å². The third-order valence-electron chi connectivity index (χ3n) is 3.44. The number of carbonyl (C=O) groups is 3. The van der Waals surface area contributed by atoms with E-state index < -0.39 is 34.6 Å². The Kier molecular flexibility index (Phi) is 5.96. The number of carbonyl (C=O) groups excluding carboxylic acids is 3. The van der Waals surface area contributed by atoms with Gasteiger partial charge in [0.25, 0.3) is 0 Å². The van der Waals surface area contributed by atoms with E-state index in [1.165, 1.54) is 6.92 Å². The van der Waals surface area contributed by atoms with E-state index in [0.29, 0.717) is 5.56 Å². The summed E-state index contributed by atoms with van der Waals surface area (Å²) in [6.45, 7) is 0.998. The van der Waals surface area contributed by atoms with Gasteiger partial charge in [0.2, 0.25) is 9.70 Å². The van der Waals surface area contributed by atoms with Crippen LogP contribution >= 0.6 is 34.8 Å². The van der Waals surface area contributed by atoms with Crippen molar-refractivity contribution < 1.29 is 23.9 Å². The zero-order chi connectivity index (χ0) is 17.9. The summed E-state index contributed by atoms with van der Waals surface area (Å²) in [5, 5.41) is 2.52. The van der Waals surface area contributed by atoms with Crippen molar-refractivity contribution in [2.24, 2.45) is 5.92 Å². The van der Waals surface area contributed by atoms with Crippen LogP contribution in [0.5, 0.6) is 0 Å². The molecule has 1 saturated heterocycles. The molecule has 2 rings (SSSR count). The predicted molar refractivity (Wildman–Crippen MR) is 88.4 cm³/mol. The minimum atomic E-state index is -1.76. The highest BCUT2D eigenvalue weighted by atomic mass is 35.6. The first-order valence-corrected chi connectivity index (χ1v) is 8.12. The predicted octanol–water partition coefficient (Wildman–Crippen LogP) is 2.90. The Morgan fingerprint density at radius 3 is 2.42 bits per heavy atom. The molecule has 0 saturated carbocycles. The molecule has 0 spiro atoms. The Labute approximate surface area is 153 Å². The third-order valence-corrected chi connectivity index (χ3v) is 3.77. The number of hydrogen-bond acceptors (Lipinski definition) is 5. The van der Waals surface area contributed by atoms with E-state index in [0.717, 1.165) is 0 Å². The Bertz CT molecular complexity index is 632. The van der Waals surface area contributed by atoms with Crippen LogP contribution in [0.1, 0.15) is 17.3 Å². The van der Waals surface area contributed by atoms with Crippen LogP contribution in [0.2, 0.25) is 0 Å². The lowest BCUT2D eigenvalue weighted by atomic mass is 9.81. The van der Waals surface area contributed by atoms with Gasteiger partial charge in [-0.3, -0.25) is 9.59 Å². The van der Waals surface area contributed by atoms with Crippen LogP contribution in [0.25, 0.3) is 0 Å². The van der Waals surface area contributed by atoms with E-state index in [2.05, 4.69) is 10.1 Å².